The number of esters is 1. The standard InChI is InChI=1S/C23H33N3O6/c1-6-7-8-12-25-20(27)18(26-22(29)32-23(2,3)4)15-16-9-10-19(31-13-11-24)17(14-16)21(28)30-5/h9-10,14,18H,6-8,12-13,15H2,1-5H3,(H,25,27)(H,26,29)/t18-/m0/s1. The highest BCUT2D eigenvalue weighted by Crippen LogP contribution is 2.22. The average Bonchev–Trinajstić information content (AvgIpc) is 2.73. The molecule has 1 atom stereocenters. The molecule has 2 N–H and O–H groups in total. The fourth-order valence-corrected chi connectivity index (χ4v) is 2.81. The zero-order valence-electron chi connectivity index (χ0n) is 19.4. The molecule has 1 aromatic carbocycles. The van der Waals surface area contributed by atoms with E-state index in [2.05, 4.69) is 17.6 Å². The van der Waals surface area contributed by atoms with Gasteiger partial charge in [0.1, 0.15) is 29.0 Å². The van der Waals surface area contributed by atoms with Crippen LogP contribution in [0.1, 0.15) is 62.9 Å². The van der Waals surface area contributed by atoms with Crippen molar-refractivity contribution in [3.8, 4) is 11.8 Å². The number of nitriles is 1. The number of methoxy groups -OCH3 is 1. The van der Waals surface area contributed by atoms with E-state index >= 15 is 0 Å². The van der Waals surface area contributed by atoms with E-state index in [1.807, 2.05) is 6.07 Å². The van der Waals surface area contributed by atoms with Crippen molar-refractivity contribution in [2.75, 3.05) is 20.3 Å². The van der Waals surface area contributed by atoms with E-state index in [4.69, 9.17) is 19.5 Å². The van der Waals surface area contributed by atoms with Crippen molar-refractivity contribution in [1.82, 2.24) is 10.6 Å². The number of hydrogen-bond acceptors (Lipinski definition) is 7. The molecule has 32 heavy (non-hydrogen) atoms. The summed E-state index contributed by atoms with van der Waals surface area (Å²) in [5, 5.41) is 14.2. The van der Waals surface area contributed by atoms with Gasteiger partial charge >= 0.3 is 12.1 Å². The molecule has 9 heteroatoms. The lowest BCUT2D eigenvalue weighted by Crippen LogP contribution is -2.49. The van der Waals surface area contributed by atoms with Gasteiger partial charge in [-0.05, 0) is 44.9 Å². The van der Waals surface area contributed by atoms with Gasteiger partial charge in [-0.25, -0.2) is 9.59 Å². The number of unbranched alkanes of at least 4 members (excludes halogenated alkanes) is 2. The van der Waals surface area contributed by atoms with Crippen molar-refractivity contribution in [2.45, 2.75) is 65.0 Å². The maximum atomic E-state index is 12.8. The SMILES string of the molecule is CCCCCNC(=O)[C@H](Cc1ccc(OCC#N)c(C(=O)OC)c1)NC(=O)OC(C)(C)C. The van der Waals surface area contributed by atoms with Crippen molar-refractivity contribution >= 4 is 18.0 Å². The summed E-state index contributed by atoms with van der Waals surface area (Å²) < 4.78 is 15.4. The van der Waals surface area contributed by atoms with Gasteiger partial charge < -0.3 is 24.8 Å². The van der Waals surface area contributed by atoms with Crippen LogP contribution in [0.25, 0.3) is 0 Å². The third-order valence-corrected chi connectivity index (χ3v) is 4.27. The van der Waals surface area contributed by atoms with Crippen LogP contribution in [0.15, 0.2) is 18.2 Å². The van der Waals surface area contributed by atoms with E-state index < -0.39 is 23.7 Å². The monoisotopic (exact) mass is 447 g/mol. The number of carbonyl (C=O) groups excluding carboxylic acids is 3. The molecule has 0 aliphatic rings. The van der Waals surface area contributed by atoms with Gasteiger partial charge in [-0.1, -0.05) is 25.8 Å². The molecule has 0 saturated heterocycles. The van der Waals surface area contributed by atoms with Crippen molar-refractivity contribution < 1.29 is 28.6 Å². The second kappa shape index (κ2) is 13.2. The molecule has 0 unspecified atom stereocenters. The Morgan fingerprint density at radius 2 is 1.91 bits per heavy atom. The number of benzene rings is 1. The molecule has 0 radical (unpaired) electrons. The summed E-state index contributed by atoms with van der Waals surface area (Å²) in [5.41, 5.74) is 0.00315. The lowest BCUT2D eigenvalue weighted by Gasteiger charge is -2.23. The molecule has 1 aromatic rings. The first kappa shape index (κ1) is 26.8. The summed E-state index contributed by atoms with van der Waals surface area (Å²) in [6.07, 6.45) is 2.23. The van der Waals surface area contributed by atoms with Gasteiger partial charge in [0.25, 0.3) is 0 Å². The van der Waals surface area contributed by atoms with Crippen LogP contribution in [-0.4, -0.2) is 49.9 Å². The Labute approximate surface area is 189 Å². The van der Waals surface area contributed by atoms with Gasteiger partial charge in [-0.2, -0.15) is 5.26 Å². The van der Waals surface area contributed by atoms with E-state index in [0.29, 0.717) is 12.1 Å². The Morgan fingerprint density at radius 3 is 2.50 bits per heavy atom. The molecule has 1 rings (SSSR count). The maximum absolute atomic E-state index is 12.8. The first-order valence-electron chi connectivity index (χ1n) is 10.6. The highest BCUT2D eigenvalue weighted by atomic mass is 16.6. The fourth-order valence-electron chi connectivity index (χ4n) is 2.81. The predicted molar refractivity (Wildman–Crippen MR) is 118 cm³/mol. The van der Waals surface area contributed by atoms with Crippen LogP contribution < -0.4 is 15.4 Å². The molecule has 0 aromatic heterocycles. The summed E-state index contributed by atoms with van der Waals surface area (Å²) in [4.78, 5) is 37.2. The summed E-state index contributed by atoms with van der Waals surface area (Å²) in [6.45, 7) is 7.52. The van der Waals surface area contributed by atoms with E-state index in [1.165, 1.54) is 19.2 Å². The summed E-state index contributed by atoms with van der Waals surface area (Å²) in [7, 11) is 1.24. The minimum absolute atomic E-state index is 0.112. The quantitative estimate of drug-likeness (QED) is 0.394. The van der Waals surface area contributed by atoms with E-state index in [0.717, 1.165) is 19.3 Å². The van der Waals surface area contributed by atoms with Crippen LogP contribution in [-0.2, 0) is 20.7 Å². The zero-order chi connectivity index (χ0) is 24.1. The molecule has 0 bridgehead atoms. The number of hydrogen-bond donors (Lipinski definition) is 2. The van der Waals surface area contributed by atoms with Gasteiger partial charge in [-0.15, -0.1) is 0 Å². The molecule has 0 fully saturated rings. The van der Waals surface area contributed by atoms with E-state index in [1.54, 1.807) is 26.8 Å². The van der Waals surface area contributed by atoms with Gasteiger partial charge in [0, 0.05) is 13.0 Å². The van der Waals surface area contributed by atoms with Crippen molar-refractivity contribution in [1.29, 1.82) is 5.26 Å². The van der Waals surface area contributed by atoms with Crippen LogP contribution in [0.3, 0.4) is 0 Å². The Kier molecular flexibility index (Phi) is 11.0. The number of nitrogens with zero attached hydrogens (tertiary/aromatic N) is 1. The average molecular weight is 448 g/mol. The lowest BCUT2D eigenvalue weighted by atomic mass is 10.0. The Hall–Kier alpha value is -3.28. The number of ether oxygens (including phenoxy) is 3. The predicted octanol–water partition coefficient (Wildman–Crippen LogP) is 3.12. The van der Waals surface area contributed by atoms with Crippen molar-refractivity contribution in [3.63, 3.8) is 0 Å². The number of rotatable bonds is 11. The molecule has 0 aliphatic heterocycles. The first-order valence-corrected chi connectivity index (χ1v) is 10.6. The molecule has 2 amide bonds. The van der Waals surface area contributed by atoms with Gasteiger partial charge in [0.05, 0.1) is 7.11 Å². The molecule has 0 heterocycles. The summed E-state index contributed by atoms with van der Waals surface area (Å²) in [6, 6.07) is 5.64. The second-order valence-corrected chi connectivity index (χ2v) is 8.17. The van der Waals surface area contributed by atoms with E-state index in [-0.39, 0.29) is 30.2 Å². The number of nitrogens with one attached hydrogen (secondary N) is 2. The van der Waals surface area contributed by atoms with Crippen LogP contribution in [0.5, 0.6) is 5.75 Å². The fraction of sp³-hybridized carbons (Fsp3) is 0.565. The summed E-state index contributed by atoms with van der Waals surface area (Å²) in [5.74, 6) is -0.792. The minimum Gasteiger partial charge on any atom is -0.478 e. The molecular weight excluding hydrogens is 414 g/mol. The number of carbonyl (C=O) groups is 3. The zero-order valence-corrected chi connectivity index (χ0v) is 19.4. The number of amides is 2. The van der Waals surface area contributed by atoms with Gasteiger partial charge in [-0.3, -0.25) is 4.79 Å². The Balaban J connectivity index is 3.08. The third kappa shape index (κ3) is 9.69. The maximum Gasteiger partial charge on any atom is 0.408 e. The van der Waals surface area contributed by atoms with Crippen LogP contribution in [0, 0.1) is 11.3 Å². The molecular formula is C23H33N3O6. The van der Waals surface area contributed by atoms with Crippen LogP contribution in [0.2, 0.25) is 0 Å². The molecule has 9 nitrogen and oxygen atoms in total. The summed E-state index contributed by atoms with van der Waals surface area (Å²) >= 11 is 0. The molecule has 0 aliphatic carbocycles. The van der Waals surface area contributed by atoms with Crippen LogP contribution >= 0.6 is 0 Å². The first-order chi connectivity index (χ1) is 15.1. The molecule has 0 saturated carbocycles. The molecule has 0 spiro atoms. The van der Waals surface area contributed by atoms with Gasteiger partial charge in [0.2, 0.25) is 5.91 Å². The Morgan fingerprint density at radius 1 is 1.19 bits per heavy atom. The van der Waals surface area contributed by atoms with E-state index in [9.17, 15) is 14.4 Å². The van der Waals surface area contributed by atoms with Gasteiger partial charge in [0.15, 0.2) is 6.61 Å². The Bertz CT molecular complexity index is 826. The second-order valence-electron chi connectivity index (χ2n) is 8.17. The normalized spacial score (nSPS) is 11.6. The minimum atomic E-state index is -0.914. The largest absolute Gasteiger partial charge is 0.478 e. The van der Waals surface area contributed by atoms with Crippen molar-refractivity contribution in [3.05, 3.63) is 29.3 Å². The third-order valence-electron chi connectivity index (χ3n) is 4.27. The van der Waals surface area contributed by atoms with Crippen LogP contribution in [0.4, 0.5) is 4.79 Å². The highest BCUT2D eigenvalue weighted by Gasteiger charge is 2.25. The highest BCUT2D eigenvalue weighted by molar-refractivity contribution is 5.93. The number of alkyl carbamates (subject to hydrolysis) is 1. The topological polar surface area (TPSA) is 127 Å². The smallest absolute Gasteiger partial charge is 0.408 e. The van der Waals surface area contributed by atoms with Crippen molar-refractivity contribution in [2.24, 2.45) is 0 Å². The molecule has 176 valence electrons. The lowest BCUT2D eigenvalue weighted by molar-refractivity contribution is -0.123.